The Morgan fingerprint density at radius 2 is 1.85 bits per heavy atom. The van der Waals surface area contributed by atoms with E-state index in [2.05, 4.69) is 22.0 Å². The first-order chi connectivity index (χ1) is 19.8. The van der Waals surface area contributed by atoms with Gasteiger partial charge in [0, 0.05) is 51.3 Å². The number of amides is 1. The summed E-state index contributed by atoms with van der Waals surface area (Å²) in [7, 11) is 1.84. The van der Waals surface area contributed by atoms with Crippen molar-refractivity contribution in [2.45, 2.75) is 43.9 Å². The average molecular weight is 558 g/mol. The highest BCUT2D eigenvalue weighted by Gasteiger charge is 2.40. The van der Waals surface area contributed by atoms with Crippen molar-refractivity contribution >= 4 is 16.9 Å². The van der Waals surface area contributed by atoms with Crippen molar-refractivity contribution in [1.29, 1.82) is 0 Å². The number of fused-ring (bicyclic) bond motifs is 1. The highest BCUT2D eigenvalue weighted by molar-refractivity contribution is 5.80. The molecule has 8 nitrogen and oxygen atoms in total. The number of hydrogen-bond donors (Lipinski definition) is 1. The number of aromatic nitrogens is 3. The minimum Gasteiger partial charge on any atom is -0.388 e. The number of aryl methyl sites for hydroxylation is 1. The highest BCUT2D eigenvalue weighted by Crippen LogP contribution is 2.36. The highest BCUT2D eigenvalue weighted by atomic mass is 19.1. The Kier molecular flexibility index (Phi) is 7.48. The molecule has 0 saturated carbocycles. The van der Waals surface area contributed by atoms with Gasteiger partial charge in [-0.15, -0.1) is 0 Å². The first-order valence-corrected chi connectivity index (χ1v) is 14.3. The molecule has 0 bridgehead atoms. The van der Waals surface area contributed by atoms with E-state index in [1.54, 1.807) is 29.0 Å². The van der Waals surface area contributed by atoms with Crippen molar-refractivity contribution in [2.24, 2.45) is 13.0 Å². The van der Waals surface area contributed by atoms with Crippen molar-refractivity contribution in [3.63, 3.8) is 0 Å². The predicted molar refractivity (Wildman–Crippen MR) is 155 cm³/mol. The molecule has 0 aliphatic carbocycles. The van der Waals surface area contributed by atoms with Gasteiger partial charge in [-0.2, -0.15) is 0 Å². The van der Waals surface area contributed by atoms with Gasteiger partial charge in [0.1, 0.15) is 17.8 Å². The van der Waals surface area contributed by atoms with Gasteiger partial charge < -0.3 is 14.6 Å². The van der Waals surface area contributed by atoms with Gasteiger partial charge in [-0.1, -0.05) is 42.5 Å². The van der Waals surface area contributed by atoms with Crippen LogP contribution in [0.3, 0.4) is 0 Å². The Balaban J connectivity index is 1.13. The maximum absolute atomic E-state index is 13.9. The van der Waals surface area contributed by atoms with E-state index in [0.29, 0.717) is 56.5 Å². The standard InChI is InChI=1S/C32H36FN5O3/c1-35-14-10-27-29(35)34-22-38(31(27)40)21-32(41)12-16-37(17-13-32)30(39)26-11-15-36(19-23-6-5-9-25(33)18-23)20-28(26)24-7-3-2-4-8-24/h2-10,14,18,22,26,28,41H,11-13,15-17,19-21H2,1H3. The maximum Gasteiger partial charge on any atom is 0.262 e. The predicted octanol–water partition coefficient (Wildman–Crippen LogP) is 3.53. The lowest BCUT2D eigenvalue weighted by Crippen LogP contribution is -2.53. The zero-order chi connectivity index (χ0) is 28.6. The zero-order valence-corrected chi connectivity index (χ0v) is 23.3. The van der Waals surface area contributed by atoms with Gasteiger partial charge in [0.2, 0.25) is 5.91 Å². The molecule has 2 aliphatic heterocycles. The number of carbonyl (C=O) groups is 1. The molecule has 6 rings (SSSR count). The first kappa shape index (κ1) is 27.4. The summed E-state index contributed by atoms with van der Waals surface area (Å²) in [5.74, 6) is -0.261. The Morgan fingerprint density at radius 3 is 2.61 bits per heavy atom. The molecule has 2 unspecified atom stereocenters. The van der Waals surface area contributed by atoms with E-state index < -0.39 is 5.60 Å². The van der Waals surface area contributed by atoms with E-state index in [9.17, 15) is 19.1 Å². The second-order valence-electron chi connectivity index (χ2n) is 11.7. The molecule has 2 fully saturated rings. The molecular formula is C32H36FN5O3. The third-order valence-electron chi connectivity index (χ3n) is 8.86. The number of likely N-dealkylation sites (tertiary alicyclic amines) is 2. The van der Waals surface area contributed by atoms with Crippen LogP contribution in [0.4, 0.5) is 4.39 Å². The summed E-state index contributed by atoms with van der Waals surface area (Å²) in [4.78, 5) is 35.5. The zero-order valence-electron chi connectivity index (χ0n) is 23.3. The molecule has 214 valence electrons. The normalized spacial score (nSPS) is 21.3. The number of halogens is 1. The number of carbonyl (C=O) groups excluding carboxylic acids is 1. The van der Waals surface area contributed by atoms with Gasteiger partial charge in [0.15, 0.2) is 0 Å². The second kappa shape index (κ2) is 11.2. The maximum atomic E-state index is 13.9. The van der Waals surface area contributed by atoms with Crippen molar-refractivity contribution < 1.29 is 14.3 Å². The summed E-state index contributed by atoms with van der Waals surface area (Å²) in [6.07, 6.45) is 4.81. The fourth-order valence-corrected chi connectivity index (χ4v) is 6.54. The Bertz CT molecular complexity index is 1590. The molecule has 4 heterocycles. The van der Waals surface area contributed by atoms with Crippen LogP contribution in [0.15, 0.2) is 78.0 Å². The van der Waals surface area contributed by atoms with Crippen LogP contribution in [-0.4, -0.2) is 66.7 Å². The molecular weight excluding hydrogens is 521 g/mol. The lowest BCUT2D eigenvalue weighted by atomic mass is 9.79. The lowest BCUT2D eigenvalue weighted by molar-refractivity contribution is -0.142. The molecule has 0 radical (unpaired) electrons. The smallest absolute Gasteiger partial charge is 0.262 e. The summed E-state index contributed by atoms with van der Waals surface area (Å²) in [6, 6.07) is 18.6. The van der Waals surface area contributed by atoms with Crippen LogP contribution >= 0.6 is 0 Å². The monoisotopic (exact) mass is 557 g/mol. The fourth-order valence-electron chi connectivity index (χ4n) is 6.54. The second-order valence-corrected chi connectivity index (χ2v) is 11.7. The minimum atomic E-state index is -1.09. The third-order valence-corrected chi connectivity index (χ3v) is 8.86. The van der Waals surface area contributed by atoms with E-state index >= 15 is 0 Å². The topological polar surface area (TPSA) is 83.6 Å². The van der Waals surface area contributed by atoms with E-state index in [1.807, 2.05) is 36.2 Å². The minimum absolute atomic E-state index is 0.0223. The third kappa shape index (κ3) is 5.69. The Labute approximate surface area is 238 Å². The number of nitrogens with zero attached hydrogens (tertiary/aromatic N) is 5. The summed E-state index contributed by atoms with van der Waals surface area (Å²) in [6.45, 7) is 3.14. The molecule has 9 heteroatoms. The average Bonchev–Trinajstić information content (AvgIpc) is 3.36. The van der Waals surface area contributed by atoms with E-state index in [-0.39, 0.29) is 35.7 Å². The number of aliphatic hydroxyl groups is 1. The van der Waals surface area contributed by atoms with Gasteiger partial charge >= 0.3 is 0 Å². The van der Waals surface area contributed by atoms with Crippen LogP contribution in [0.2, 0.25) is 0 Å². The summed E-state index contributed by atoms with van der Waals surface area (Å²) >= 11 is 0. The summed E-state index contributed by atoms with van der Waals surface area (Å²) in [5, 5.41) is 11.9. The lowest BCUT2D eigenvalue weighted by Gasteiger charge is -2.43. The fraction of sp³-hybridized carbons (Fsp3) is 0.406. The number of benzene rings is 2. The van der Waals surface area contributed by atoms with Crippen molar-refractivity contribution in [1.82, 2.24) is 23.9 Å². The SMILES string of the molecule is Cn1ccc2c(=O)n(CC3(O)CCN(C(=O)C4CCN(Cc5cccc(F)c5)CC4c4ccccc4)CC3)cnc21. The first-order valence-electron chi connectivity index (χ1n) is 14.3. The van der Waals surface area contributed by atoms with Gasteiger partial charge in [-0.3, -0.25) is 19.1 Å². The van der Waals surface area contributed by atoms with E-state index in [4.69, 9.17) is 0 Å². The van der Waals surface area contributed by atoms with Crippen LogP contribution in [0.25, 0.3) is 11.0 Å². The molecule has 1 amide bonds. The molecule has 2 aromatic carbocycles. The van der Waals surface area contributed by atoms with Crippen molar-refractivity contribution in [3.05, 3.63) is 100 Å². The van der Waals surface area contributed by atoms with Crippen LogP contribution in [0.1, 0.15) is 36.3 Å². The van der Waals surface area contributed by atoms with Crippen LogP contribution in [0, 0.1) is 11.7 Å². The summed E-state index contributed by atoms with van der Waals surface area (Å²) in [5.41, 5.74) is 1.42. The molecule has 2 aliphatic rings. The van der Waals surface area contributed by atoms with Crippen LogP contribution in [0.5, 0.6) is 0 Å². The molecule has 4 aromatic rings. The van der Waals surface area contributed by atoms with Gasteiger partial charge in [0.05, 0.1) is 17.5 Å². The number of piperidine rings is 2. The number of hydrogen-bond acceptors (Lipinski definition) is 5. The van der Waals surface area contributed by atoms with Crippen molar-refractivity contribution in [3.8, 4) is 0 Å². The largest absolute Gasteiger partial charge is 0.388 e. The van der Waals surface area contributed by atoms with Gasteiger partial charge in [-0.25, -0.2) is 9.37 Å². The van der Waals surface area contributed by atoms with E-state index in [0.717, 1.165) is 17.7 Å². The molecule has 2 atom stereocenters. The van der Waals surface area contributed by atoms with Crippen LogP contribution in [-0.2, 0) is 24.9 Å². The van der Waals surface area contributed by atoms with Crippen molar-refractivity contribution in [2.75, 3.05) is 26.2 Å². The quantitative estimate of drug-likeness (QED) is 0.392. The molecule has 2 aromatic heterocycles. The van der Waals surface area contributed by atoms with E-state index in [1.165, 1.54) is 17.0 Å². The molecule has 2 saturated heterocycles. The Morgan fingerprint density at radius 1 is 1.07 bits per heavy atom. The van der Waals surface area contributed by atoms with Gasteiger partial charge in [0.25, 0.3) is 5.56 Å². The molecule has 41 heavy (non-hydrogen) atoms. The summed E-state index contributed by atoms with van der Waals surface area (Å²) < 4.78 is 17.1. The number of rotatable bonds is 6. The molecule has 1 N–H and O–H groups in total. The molecule has 0 spiro atoms. The Hall–Kier alpha value is -3.82. The van der Waals surface area contributed by atoms with Gasteiger partial charge in [-0.05, 0) is 55.1 Å². The van der Waals surface area contributed by atoms with Crippen LogP contribution < -0.4 is 5.56 Å².